The second-order valence-electron chi connectivity index (χ2n) is 4.88. The summed E-state index contributed by atoms with van der Waals surface area (Å²) < 4.78 is 5.83. The molecule has 1 aromatic rings. The number of anilines is 1. The van der Waals surface area contributed by atoms with Gasteiger partial charge in [-0.05, 0) is 32.4 Å². The molecule has 1 aliphatic heterocycles. The second-order valence-corrected chi connectivity index (χ2v) is 5.62. The molecule has 1 unspecified atom stereocenters. The van der Waals surface area contributed by atoms with Crippen molar-refractivity contribution in [1.29, 1.82) is 0 Å². The van der Waals surface area contributed by atoms with Crippen LogP contribution in [0.5, 0.6) is 0 Å². The molecule has 1 atom stereocenters. The SMILES string of the molecule is CC1CN(c2nc(Cl)ncc2Cl)CC(C)(C)O1. The number of hydrogen-bond donors (Lipinski definition) is 0. The minimum Gasteiger partial charge on any atom is -0.369 e. The molecule has 6 heteroatoms. The van der Waals surface area contributed by atoms with Crippen molar-refractivity contribution in [3.05, 3.63) is 16.5 Å². The molecular weight excluding hydrogens is 261 g/mol. The lowest BCUT2D eigenvalue weighted by Gasteiger charge is -2.42. The summed E-state index contributed by atoms with van der Waals surface area (Å²) in [6, 6.07) is 0. The maximum Gasteiger partial charge on any atom is 0.224 e. The van der Waals surface area contributed by atoms with Gasteiger partial charge >= 0.3 is 0 Å². The van der Waals surface area contributed by atoms with Gasteiger partial charge in [0.2, 0.25) is 5.28 Å². The summed E-state index contributed by atoms with van der Waals surface area (Å²) in [7, 11) is 0. The Kier molecular flexibility index (Phi) is 3.48. The number of rotatable bonds is 1. The van der Waals surface area contributed by atoms with E-state index in [0.29, 0.717) is 10.8 Å². The zero-order valence-corrected chi connectivity index (χ0v) is 11.6. The quantitative estimate of drug-likeness (QED) is 0.739. The molecule has 1 aromatic heterocycles. The maximum absolute atomic E-state index is 6.10. The molecule has 1 aliphatic rings. The minimum atomic E-state index is -0.224. The summed E-state index contributed by atoms with van der Waals surface area (Å²) in [5, 5.41) is 0.723. The lowest BCUT2D eigenvalue weighted by molar-refractivity contribution is -0.0751. The van der Waals surface area contributed by atoms with Crippen molar-refractivity contribution in [3.63, 3.8) is 0 Å². The fourth-order valence-corrected chi connectivity index (χ4v) is 2.51. The number of aromatic nitrogens is 2. The van der Waals surface area contributed by atoms with Crippen molar-refractivity contribution in [2.45, 2.75) is 32.5 Å². The van der Waals surface area contributed by atoms with Gasteiger partial charge in [0.15, 0.2) is 5.82 Å². The van der Waals surface area contributed by atoms with E-state index in [9.17, 15) is 0 Å². The normalized spacial score (nSPS) is 23.8. The highest BCUT2D eigenvalue weighted by atomic mass is 35.5. The Balaban J connectivity index is 2.30. The first kappa shape index (κ1) is 12.9. The molecule has 94 valence electrons. The first-order chi connectivity index (χ1) is 7.87. The highest BCUT2D eigenvalue weighted by Crippen LogP contribution is 2.29. The van der Waals surface area contributed by atoms with Gasteiger partial charge in [-0.2, -0.15) is 4.98 Å². The Morgan fingerprint density at radius 2 is 2.18 bits per heavy atom. The molecule has 2 heterocycles. The third kappa shape index (κ3) is 3.00. The molecule has 2 rings (SSSR count). The van der Waals surface area contributed by atoms with Crippen LogP contribution in [-0.2, 0) is 4.74 Å². The third-order valence-corrected chi connectivity index (χ3v) is 3.01. The lowest BCUT2D eigenvalue weighted by Crippen LogP contribution is -2.52. The predicted molar refractivity (Wildman–Crippen MR) is 68.9 cm³/mol. The van der Waals surface area contributed by atoms with Crippen LogP contribution >= 0.6 is 23.2 Å². The number of hydrogen-bond acceptors (Lipinski definition) is 4. The third-order valence-electron chi connectivity index (χ3n) is 2.57. The molecule has 4 nitrogen and oxygen atoms in total. The van der Waals surface area contributed by atoms with Crippen LogP contribution in [0.25, 0.3) is 0 Å². The molecule has 17 heavy (non-hydrogen) atoms. The molecular formula is C11H15Cl2N3O. The molecule has 0 amide bonds. The highest BCUT2D eigenvalue weighted by molar-refractivity contribution is 6.33. The molecule has 1 fully saturated rings. The molecule has 0 radical (unpaired) electrons. The monoisotopic (exact) mass is 275 g/mol. The summed E-state index contributed by atoms with van der Waals surface area (Å²) in [4.78, 5) is 10.1. The Hall–Kier alpha value is -0.580. The highest BCUT2D eigenvalue weighted by Gasteiger charge is 2.32. The van der Waals surface area contributed by atoms with Crippen molar-refractivity contribution in [2.75, 3.05) is 18.0 Å². The predicted octanol–water partition coefficient (Wildman–Crippen LogP) is 2.79. The fourth-order valence-electron chi connectivity index (χ4n) is 2.17. The van der Waals surface area contributed by atoms with Crippen LogP contribution in [-0.4, -0.2) is 34.8 Å². The van der Waals surface area contributed by atoms with E-state index in [1.165, 1.54) is 6.20 Å². The van der Waals surface area contributed by atoms with Gasteiger partial charge in [-0.15, -0.1) is 0 Å². The summed E-state index contributed by atoms with van der Waals surface area (Å²) >= 11 is 11.9. The number of nitrogens with zero attached hydrogens (tertiary/aromatic N) is 3. The zero-order chi connectivity index (χ0) is 12.6. The van der Waals surface area contributed by atoms with Crippen molar-refractivity contribution < 1.29 is 4.74 Å². The van der Waals surface area contributed by atoms with Gasteiger partial charge in [0.25, 0.3) is 0 Å². The lowest BCUT2D eigenvalue weighted by atomic mass is 10.1. The van der Waals surface area contributed by atoms with Crippen molar-refractivity contribution >= 4 is 29.0 Å². The first-order valence-corrected chi connectivity index (χ1v) is 6.24. The summed E-state index contributed by atoms with van der Waals surface area (Å²) in [5.74, 6) is 0.676. The zero-order valence-electron chi connectivity index (χ0n) is 10.1. The molecule has 0 N–H and O–H groups in total. The van der Waals surface area contributed by atoms with Gasteiger partial charge in [0.1, 0.15) is 5.02 Å². The van der Waals surface area contributed by atoms with E-state index in [1.54, 1.807) is 0 Å². The largest absolute Gasteiger partial charge is 0.369 e. The summed E-state index contributed by atoms with van der Waals surface area (Å²) in [5.41, 5.74) is -0.224. The second kappa shape index (κ2) is 4.59. The average molecular weight is 276 g/mol. The van der Waals surface area contributed by atoms with Gasteiger partial charge in [0.05, 0.1) is 17.9 Å². The Bertz CT molecular complexity index is 425. The van der Waals surface area contributed by atoms with Crippen molar-refractivity contribution in [3.8, 4) is 0 Å². The Morgan fingerprint density at radius 1 is 1.47 bits per heavy atom. The maximum atomic E-state index is 6.10. The number of ether oxygens (including phenoxy) is 1. The fraction of sp³-hybridized carbons (Fsp3) is 0.636. The Labute approximate surface area is 111 Å². The van der Waals surface area contributed by atoms with Gasteiger partial charge < -0.3 is 9.64 Å². The van der Waals surface area contributed by atoms with Crippen molar-refractivity contribution in [2.24, 2.45) is 0 Å². The van der Waals surface area contributed by atoms with Crippen LogP contribution < -0.4 is 4.90 Å². The molecule has 0 aliphatic carbocycles. The van der Waals surface area contributed by atoms with Crippen LogP contribution in [0.1, 0.15) is 20.8 Å². The summed E-state index contributed by atoms with van der Waals surface area (Å²) in [6.07, 6.45) is 1.66. The smallest absolute Gasteiger partial charge is 0.224 e. The molecule has 0 spiro atoms. The van der Waals surface area contributed by atoms with Gasteiger partial charge in [-0.1, -0.05) is 11.6 Å². The van der Waals surface area contributed by atoms with Crippen LogP contribution in [0.15, 0.2) is 6.20 Å². The van der Waals surface area contributed by atoms with Crippen LogP contribution in [0, 0.1) is 0 Å². The minimum absolute atomic E-state index is 0.128. The van der Waals surface area contributed by atoms with Gasteiger partial charge in [-0.25, -0.2) is 4.98 Å². The Morgan fingerprint density at radius 3 is 2.82 bits per heavy atom. The number of halogens is 2. The van der Waals surface area contributed by atoms with E-state index >= 15 is 0 Å². The molecule has 0 bridgehead atoms. The summed E-state index contributed by atoms with van der Waals surface area (Å²) in [6.45, 7) is 7.60. The molecule has 0 saturated carbocycles. The molecule has 1 saturated heterocycles. The standard InChI is InChI=1S/C11H15Cl2N3O/c1-7-5-16(6-11(2,3)17-7)9-8(12)4-14-10(13)15-9/h4,7H,5-6H2,1-3H3. The van der Waals surface area contributed by atoms with E-state index < -0.39 is 0 Å². The topological polar surface area (TPSA) is 38.2 Å². The van der Waals surface area contributed by atoms with E-state index in [0.717, 1.165) is 13.1 Å². The number of morpholine rings is 1. The van der Waals surface area contributed by atoms with E-state index in [4.69, 9.17) is 27.9 Å². The van der Waals surface area contributed by atoms with E-state index in [2.05, 4.69) is 14.9 Å². The van der Waals surface area contributed by atoms with Crippen LogP contribution in [0.2, 0.25) is 10.3 Å². The average Bonchev–Trinajstić information content (AvgIpc) is 2.18. The van der Waals surface area contributed by atoms with Crippen LogP contribution in [0.3, 0.4) is 0 Å². The van der Waals surface area contributed by atoms with Gasteiger partial charge in [-0.3, -0.25) is 0 Å². The molecule has 0 aromatic carbocycles. The van der Waals surface area contributed by atoms with Gasteiger partial charge in [0, 0.05) is 13.1 Å². The van der Waals surface area contributed by atoms with Crippen molar-refractivity contribution in [1.82, 2.24) is 9.97 Å². The van der Waals surface area contributed by atoms with E-state index in [-0.39, 0.29) is 17.0 Å². The van der Waals surface area contributed by atoms with E-state index in [1.807, 2.05) is 20.8 Å². The van der Waals surface area contributed by atoms with Crippen LogP contribution in [0.4, 0.5) is 5.82 Å². The first-order valence-electron chi connectivity index (χ1n) is 5.48.